The third-order valence-corrected chi connectivity index (χ3v) is 9.74. The maximum Gasteiger partial charge on any atom is 0.342 e. The van der Waals surface area contributed by atoms with Crippen molar-refractivity contribution in [3.8, 4) is 33.8 Å². The van der Waals surface area contributed by atoms with E-state index in [2.05, 4.69) is 20.4 Å². The molecule has 1 saturated carbocycles. The first kappa shape index (κ1) is 35.9. The zero-order chi connectivity index (χ0) is 36.6. The molecule has 11 nitrogen and oxygen atoms in total. The number of nitrogens with one attached hydrogen (secondary N) is 1. The van der Waals surface area contributed by atoms with E-state index in [1.807, 2.05) is 0 Å². The van der Waals surface area contributed by atoms with Crippen molar-refractivity contribution in [2.24, 2.45) is 0 Å². The van der Waals surface area contributed by atoms with Crippen LogP contribution in [0.5, 0.6) is 11.5 Å². The van der Waals surface area contributed by atoms with E-state index in [1.165, 1.54) is 50.7 Å². The Kier molecular flexibility index (Phi) is 10.4. The second-order valence-electron chi connectivity index (χ2n) is 11.6. The quantitative estimate of drug-likeness (QED) is 0.141. The van der Waals surface area contributed by atoms with Crippen LogP contribution in [0, 0.1) is 25.5 Å². The van der Waals surface area contributed by atoms with E-state index in [9.17, 15) is 14.4 Å². The highest BCUT2D eigenvalue weighted by Crippen LogP contribution is 2.44. The van der Waals surface area contributed by atoms with Crippen molar-refractivity contribution in [3.63, 3.8) is 0 Å². The molecule has 1 aliphatic rings. The number of ether oxygens (including phenoxy) is 3. The van der Waals surface area contributed by atoms with Gasteiger partial charge in [0, 0.05) is 34.6 Å². The lowest BCUT2D eigenvalue weighted by atomic mass is 9.79. The summed E-state index contributed by atoms with van der Waals surface area (Å²) < 4.78 is 48.1. The molecule has 51 heavy (non-hydrogen) atoms. The SMILES string of the molecule is COc1ccc(Cl)c(F)c1-c1cc(C)ncc1C(=O)Nc1nn(COC(=O)c2c(-c3c(OC)ccc(Cl)c3F)cc(C)nc2C2CCC2)c(=O)s1. The summed E-state index contributed by atoms with van der Waals surface area (Å²) in [7, 11) is 2.73. The molecule has 2 aromatic carbocycles. The van der Waals surface area contributed by atoms with Gasteiger partial charge in [0.25, 0.3) is 5.91 Å². The van der Waals surface area contributed by atoms with Gasteiger partial charge in [-0.1, -0.05) is 29.6 Å². The number of anilines is 1. The van der Waals surface area contributed by atoms with Crippen molar-refractivity contribution in [2.75, 3.05) is 19.5 Å². The fourth-order valence-corrected chi connectivity index (χ4v) is 6.70. The first-order valence-electron chi connectivity index (χ1n) is 15.5. The number of esters is 1. The number of carbonyl (C=O) groups is 2. The summed E-state index contributed by atoms with van der Waals surface area (Å²) in [6, 6.07) is 8.71. The number of benzene rings is 2. The highest BCUT2D eigenvalue weighted by atomic mass is 35.5. The molecule has 0 aliphatic heterocycles. The van der Waals surface area contributed by atoms with Crippen molar-refractivity contribution in [1.29, 1.82) is 0 Å². The molecule has 16 heteroatoms. The number of nitrogens with zero attached hydrogens (tertiary/aromatic N) is 4. The average molecular weight is 757 g/mol. The monoisotopic (exact) mass is 755 g/mol. The Morgan fingerprint density at radius 2 is 1.57 bits per heavy atom. The van der Waals surface area contributed by atoms with Gasteiger partial charge in [-0.3, -0.25) is 24.9 Å². The lowest BCUT2D eigenvalue weighted by Crippen LogP contribution is -2.23. The van der Waals surface area contributed by atoms with Crippen molar-refractivity contribution >= 4 is 51.5 Å². The van der Waals surface area contributed by atoms with E-state index in [0.29, 0.717) is 28.4 Å². The van der Waals surface area contributed by atoms with Gasteiger partial charge in [-0.05, 0) is 74.4 Å². The van der Waals surface area contributed by atoms with Gasteiger partial charge in [0.05, 0.1) is 52.2 Å². The Hall–Kier alpha value is -4.92. The van der Waals surface area contributed by atoms with Crippen LogP contribution in [0.25, 0.3) is 22.3 Å². The molecule has 5 aromatic rings. The molecule has 0 unspecified atom stereocenters. The van der Waals surface area contributed by atoms with Crippen LogP contribution in [-0.4, -0.2) is 45.8 Å². The van der Waals surface area contributed by atoms with Crippen LogP contribution >= 0.6 is 34.5 Å². The number of aromatic nitrogens is 4. The number of rotatable bonds is 10. The first-order valence-corrected chi connectivity index (χ1v) is 17.1. The minimum Gasteiger partial charge on any atom is -0.496 e. The van der Waals surface area contributed by atoms with Crippen LogP contribution in [0.4, 0.5) is 13.9 Å². The number of hydrogen-bond acceptors (Lipinski definition) is 10. The number of methoxy groups -OCH3 is 2. The van der Waals surface area contributed by atoms with E-state index in [1.54, 1.807) is 19.9 Å². The van der Waals surface area contributed by atoms with Gasteiger partial charge in [-0.2, -0.15) is 4.68 Å². The summed E-state index contributed by atoms with van der Waals surface area (Å²) in [4.78, 5) is 48.4. The molecule has 264 valence electrons. The fourth-order valence-electron chi connectivity index (χ4n) is 5.74. The Morgan fingerprint density at radius 3 is 2.16 bits per heavy atom. The molecule has 1 N–H and O–H groups in total. The largest absolute Gasteiger partial charge is 0.496 e. The Morgan fingerprint density at radius 1 is 0.961 bits per heavy atom. The molecule has 0 spiro atoms. The van der Waals surface area contributed by atoms with E-state index in [4.69, 9.17) is 37.4 Å². The minimum absolute atomic E-state index is 0.0182. The summed E-state index contributed by atoms with van der Waals surface area (Å²) in [6.45, 7) is 2.76. The van der Waals surface area contributed by atoms with Crippen LogP contribution in [-0.2, 0) is 11.5 Å². The van der Waals surface area contributed by atoms with E-state index < -0.39 is 35.1 Å². The lowest BCUT2D eigenvalue weighted by molar-refractivity contribution is 0.0342. The summed E-state index contributed by atoms with van der Waals surface area (Å²) >= 11 is 12.8. The Balaban J connectivity index is 1.29. The molecule has 3 aromatic heterocycles. The number of aryl methyl sites for hydroxylation is 2. The summed E-state index contributed by atoms with van der Waals surface area (Å²) in [5, 5.41) is 6.17. The number of amides is 1. The van der Waals surface area contributed by atoms with Crippen LogP contribution in [0.1, 0.15) is 63.0 Å². The number of carbonyl (C=O) groups excluding carboxylic acids is 2. The predicted octanol–water partition coefficient (Wildman–Crippen LogP) is 7.98. The zero-order valence-electron chi connectivity index (χ0n) is 27.6. The summed E-state index contributed by atoms with van der Waals surface area (Å²) in [5.74, 6) is -2.99. The number of pyridine rings is 2. The maximum atomic E-state index is 15.6. The van der Waals surface area contributed by atoms with Gasteiger partial charge >= 0.3 is 10.8 Å². The van der Waals surface area contributed by atoms with Crippen LogP contribution in [0.3, 0.4) is 0 Å². The van der Waals surface area contributed by atoms with Gasteiger partial charge in [-0.25, -0.2) is 13.6 Å². The fraction of sp³-hybridized carbons (Fsp3) is 0.257. The third kappa shape index (κ3) is 7.03. The average Bonchev–Trinajstić information content (AvgIpc) is 3.42. The molecule has 1 aliphatic carbocycles. The van der Waals surface area contributed by atoms with Crippen LogP contribution in [0.15, 0.2) is 47.4 Å². The summed E-state index contributed by atoms with van der Waals surface area (Å²) in [5.41, 5.74) is 1.70. The van der Waals surface area contributed by atoms with Crippen LogP contribution < -0.4 is 19.7 Å². The van der Waals surface area contributed by atoms with E-state index in [0.717, 1.165) is 23.9 Å². The maximum absolute atomic E-state index is 15.6. The molecular formula is C35H29Cl2F2N5O6S. The smallest absolute Gasteiger partial charge is 0.342 e. The molecule has 0 saturated heterocycles. The molecule has 0 atom stereocenters. The van der Waals surface area contributed by atoms with E-state index in [-0.39, 0.29) is 66.0 Å². The second kappa shape index (κ2) is 14.7. The Bertz CT molecular complexity index is 2260. The van der Waals surface area contributed by atoms with Crippen LogP contribution in [0.2, 0.25) is 10.0 Å². The molecule has 1 fully saturated rings. The molecule has 0 bridgehead atoms. The van der Waals surface area contributed by atoms with Gasteiger partial charge in [-0.15, -0.1) is 5.10 Å². The van der Waals surface area contributed by atoms with Crippen molar-refractivity contribution in [2.45, 2.75) is 45.8 Å². The predicted molar refractivity (Wildman–Crippen MR) is 188 cm³/mol. The first-order chi connectivity index (χ1) is 24.4. The zero-order valence-corrected chi connectivity index (χ0v) is 29.9. The molecule has 3 heterocycles. The summed E-state index contributed by atoms with van der Waals surface area (Å²) in [6.07, 6.45) is 3.74. The van der Waals surface area contributed by atoms with E-state index >= 15 is 8.78 Å². The minimum atomic E-state index is -0.876. The van der Waals surface area contributed by atoms with Gasteiger partial charge < -0.3 is 14.2 Å². The third-order valence-electron chi connectivity index (χ3n) is 8.39. The molecular weight excluding hydrogens is 727 g/mol. The highest BCUT2D eigenvalue weighted by molar-refractivity contribution is 7.13. The normalized spacial score (nSPS) is 12.7. The van der Waals surface area contributed by atoms with Gasteiger partial charge in [0.2, 0.25) is 5.13 Å². The molecule has 1 amide bonds. The standard InChI is InChI=1S/C35H29Cl2F2N5O6S/c1-16-12-19(26-24(48-3)10-8-22(36)29(26)38)21(14-40-16)32(45)42-34-43-44(35(47)51-34)15-50-33(46)28-20(13-17(2)41-31(28)18-6-5-7-18)27-25(49-4)11-9-23(37)30(27)39/h8-14,18H,5-7,15H2,1-4H3,(H,42,43,45). The second-order valence-corrected chi connectivity index (χ2v) is 13.4. The highest BCUT2D eigenvalue weighted by Gasteiger charge is 2.32. The topological polar surface area (TPSA) is 135 Å². The van der Waals surface area contributed by atoms with Crippen molar-refractivity contribution in [3.05, 3.63) is 102 Å². The van der Waals surface area contributed by atoms with Gasteiger partial charge in [0.1, 0.15) is 11.5 Å². The Labute approximate surface area is 304 Å². The molecule has 0 radical (unpaired) electrons. The molecule has 6 rings (SSSR count). The lowest BCUT2D eigenvalue weighted by Gasteiger charge is -2.28. The van der Waals surface area contributed by atoms with Gasteiger partial charge in [0.15, 0.2) is 18.4 Å². The van der Waals surface area contributed by atoms with Crippen molar-refractivity contribution in [1.82, 2.24) is 19.7 Å². The number of hydrogen-bond donors (Lipinski definition) is 1. The number of halogens is 4. The van der Waals surface area contributed by atoms with Crippen molar-refractivity contribution < 1.29 is 32.6 Å².